The molecule has 34 heavy (non-hydrogen) atoms. The predicted molar refractivity (Wildman–Crippen MR) is 125 cm³/mol. The van der Waals surface area contributed by atoms with Crippen molar-refractivity contribution in [3.63, 3.8) is 0 Å². The van der Waals surface area contributed by atoms with E-state index in [4.69, 9.17) is 10.5 Å². The summed E-state index contributed by atoms with van der Waals surface area (Å²) in [5.41, 5.74) is 7.17. The number of halogens is 2. The number of fused-ring (bicyclic) bond motifs is 2. The molecule has 2 aliphatic heterocycles. The minimum Gasteiger partial charge on any atom is -0.496 e. The Morgan fingerprint density at radius 2 is 2.00 bits per heavy atom. The third-order valence-electron chi connectivity index (χ3n) is 6.76. The third kappa shape index (κ3) is 3.66. The highest BCUT2D eigenvalue weighted by molar-refractivity contribution is 6.00. The Bertz CT molecular complexity index is 1270. The molecule has 9 heteroatoms. The topological polar surface area (TPSA) is 84.6 Å². The zero-order valence-corrected chi connectivity index (χ0v) is 19.0. The molecule has 1 aromatic heterocycles. The van der Waals surface area contributed by atoms with Crippen molar-refractivity contribution in [1.82, 2.24) is 14.9 Å². The Hall–Kier alpha value is -3.59. The molecule has 5 rings (SSSR count). The lowest BCUT2D eigenvalue weighted by atomic mass is 10.0. The summed E-state index contributed by atoms with van der Waals surface area (Å²) in [4.78, 5) is 25.8. The van der Waals surface area contributed by atoms with Crippen LogP contribution in [0.5, 0.6) is 5.75 Å². The number of hydrogen-bond donors (Lipinski definition) is 1. The molecule has 7 nitrogen and oxygen atoms in total. The second kappa shape index (κ2) is 8.64. The van der Waals surface area contributed by atoms with Gasteiger partial charge in [0.15, 0.2) is 5.82 Å². The maximum atomic E-state index is 14.6. The number of hydrogen-bond acceptors (Lipinski definition) is 6. The molecule has 2 aliphatic rings. The monoisotopic (exact) mass is 465 g/mol. The van der Waals surface area contributed by atoms with Crippen molar-refractivity contribution in [2.24, 2.45) is 5.73 Å². The van der Waals surface area contributed by atoms with E-state index < -0.39 is 17.5 Å². The third-order valence-corrected chi connectivity index (χ3v) is 6.76. The number of primary amides is 1. The lowest BCUT2D eigenvalue weighted by Crippen LogP contribution is -2.46. The van der Waals surface area contributed by atoms with Crippen molar-refractivity contribution >= 4 is 11.6 Å². The Morgan fingerprint density at radius 3 is 2.68 bits per heavy atom. The number of anilines is 1. The number of carbonyl (C=O) groups is 1. The first-order chi connectivity index (χ1) is 16.4. The predicted octanol–water partition coefficient (Wildman–Crippen LogP) is 3.48. The molecule has 1 amide bonds. The molecule has 3 heterocycles. The molecule has 2 fully saturated rings. The van der Waals surface area contributed by atoms with Gasteiger partial charge in [0.25, 0.3) is 5.91 Å². The summed E-state index contributed by atoms with van der Waals surface area (Å²) in [6.45, 7) is 4.89. The SMILES string of the molecule is CCN1C[C@H]2C[C@@H]1CN2c1ccc(F)cc1-c1cnc(-c2c(F)cccc2OC)nc1C(N)=O. The van der Waals surface area contributed by atoms with Crippen LogP contribution >= 0.6 is 0 Å². The van der Waals surface area contributed by atoms with E-state index in [-0.39, 0.29) is 22.8 Å². The van der Waals surface area contributed by atoms with Gasteiger partial charge in [-0.3, -0.25) is 9.69 Å². The van der Waals surface area contributed by atoms with E-state index in [2.05, 4.69) is 26.7 Å². The van der Waals surface area contributed by atoms with Gasteiger partial charge in [-0.2, -0.15) is 0 Å². The van der Waals surface area contributed by atoms with Gasteiger partial charge in [0.2, 0.25) is 0 Å². The number of nitrogens with two attached hydrogens (primary N) is 1. The van der Waals surface area contributed by atoms with Crippen molar-refractivity contribution in [2.75, 3.05) is 31.6 Å². The Kier molecular flexibility index (Phi) is 5.65. The summed E-state index contributed by atoms with van der Waals surface area (Å²) >= 11 is 0. The van der Waals surface area contributed by atoms with Crippen LogP contribution in [-0.4, -0.2) is 59.6 Å². The van der Waals surface area contributed by atoms with E-state index in [9.17, 15) is 13.6 Å². The zero-order valence-electron chi connectivity index (χ0n) is 19.0. The smallest absolute Gasteiger partial charge is 0.268 e. The summed E-state index contributed by atoms with van der Waals surface area (Å²) in [7, 11) is 1.41. The molecule has 2 atom stereocenters. The van der Waals surface area contributed by atoms with Crippen molar-refractivity contribution in [1.29, 1.82) is 0 Å². The molecule has 0 unspecified atom stereocenters. The van der Waals surface area contributed by atoms with Crippen molar-refractivity contribution in [3.05, 3.63) is 59.9 Å². The zero-order chi connectivity index (χ0) is 24.0. The van der Waals surface area contributed by atoms with E-state index >= 15 is 0 Å². The fraction of sp³-hybridized carbons (Fsp3) is 0.320. The van der Waals surface area contributed by atoms with Gasteiger partial charge < -0.3 is 15.4 Å². The summed E-state index contributed by atoms with van der Waals surface area (Å²) in [5.74, 6) is -1.67. The largest absolute Gasteiger partial charge is 0.496 e. The maximum absolute atomic E-state index is 14.6. The van der Waals surface area contributed by atoms with Gasteiger partial charge in [-0.15, -0.1) is 0 Å². The average Bonchev–Trinajstić information content (AvgIpc) is 3.44. The molecule has 2 bridgehead atoms. The van der Waals surface area contributed by atoms with Crippen molar-refractivity contribution < 1.29 is 18.3 Å². The Balaban J connectivity index is 1.62. The second-order valence-electron chi connectivity index (χ2n) is 8.58. The van der Waals surface area contributed by atoms with Crippen LogP contribution in [0.15, 0.2) is 42.6 Å². The fourth-order valence-corrected chi connectivity index (χ4v) is 5.18. The Morgan fingerprint density at radius 1 is 1.18 bits per heavy atom. The molecule has 176 valence electrons. The van der Waals surface area contributed by atoms with Gasteiger partial charge >= 0.3 is 0 Å². The molecule has 0 aliphatic carbocycles. The molecule has 2 N–H and O–H groups in total. The molecular formula is C25H25F2N5O2. The van der Waals surface area contributed by atoms with Crippen LogP contribution in [0.1, 0.15) is 23.8 Å². The number of piperazine rings is 1. The maximum Gasteiger partial charge on any atom is 0.268 e. The number of amides is 1. The quantitative estimate of drug-likeness (QED) is 0.600. The molecule has 0 spiro atoms. The lowest BCUT2D eigenvalue weighted by molar-refractivity contribution is 0.0996. The first kappa shape index (κ1) is 22.2. The van der Waals surface area contributed by atoms with Crippen molar-refractivity contribution in [2.45, 2.75) is 25.4 Å². The summed E-state index contributed by atoms with van der Waals surface area (Å²) in [5, 5.41) is 0. The highest BCUT2D eigenvalue weighted by atomic mass is 19.1. The molecule has 2 aromatic carbocycles. The number of benzene rings is 2. The number of methoxy groups -OCH3 is 1. The molecule has 0 saturated carbocycles. The minimum absolute atomic E-state index is 0.0232. The Labute approximate surface area is 196 Å². The van der Waals surface area contributed by atoms with Crippen LogP contribution in [0.4, 0.5) is 14.5 Å². The number of ether oxygens (including phenoxy) is 1. The first-order valence-electron chi connectivity index (χ1n) is 11.2. The van der Waals surface area contributed by atoms with Crippen LogP contribution in [0.2, 0.25) is 0 Å². The van der Waals surface area contributed by atoms with Crippen LogP contribution in [0, 0.1) is 11.6 Å². The van der Waals surface area contributed by atoms with Crippen LogP contribution in [-0.2, 0) is 0 Å². The summed E-state index contributed by atoms with van der Waals surface area (Å²) < 4.78 is 34.3. The lowest BCUT2D eigenvalue weighted by Gasteiger charge is -2.36. The first-order valence-corrected chi connectivity index (χ1v) is 11.2. The van der Waals surface area contributed by atoms with Crippen molar-refractivity contribution in [3.8, 4) is 28.3 Å². The van der Waals surface area contributed by atoms with Crippen LogP contribution < -0.4 is 15.4 Å². The van der Waals surface area contributed by atoms with Gasteiger partial charge in [-0.05, 0) is 43.3 Å². The van der Waals surface area contributed by atoms with Crippen LogP contribution in [0.3, 0.4) is 0 Å². The number of aromatic nitrogens is 2. The van der Waals surface area contributed by atoms with E-state index in [0.717, 1.165) is 31.7 Å². The normalized spacial score (nSPS) is 19.6. The number of likely N-dealkylation sites (N-methyl/N-ethyl adjacent to an activating group) is 1. The van der Waals surface area contributed by atoms with Gasteiger partial charge in [-0.1, -0.05) is 13.0 Å². The molecule has 3 aromatic rings. The highest BCUT2D eigenvalue weighted by Crippen LogP contribution is 2.41. The number of rotatable bonds is 6. The van der Waals surface area contributed by atoms with E-state index in [1.807, 2.05) is 0 Å². The van der Waals surface area contributed by atoms with Gasteiger partial charge in [0.1, 0.15) is 23.1 Å². The number of carbonyl (C=O) groups excluding carboxylic acids is 1. The molecule has 0 radical (unpaired) electrons. The van der Waals surface area contributed by atoms with Gasteiger partial charge in [0, 0.05) is 48.2 Å². The van der Waals surface area contributed by atoms with Gasteiger partial charge in [-0.25, -0.2) is 18.7 Å². The van der Waals surface area contributed by atoms with E-state index in [1.54, 1.807) is 12.1 Å². The molecule has 2 saturated heterocycles. The summed E-state index contributed by atoms with van der Waals surface area (Å²) in [6.07, 6.45) is 2.44. The van der Waals surface area contributed by atoms with Gasteiger partial charge in [0.05, 0.1) is 12.7 Å². The van der Waals surface area contributed by atoms with E-state index in [0.29, 0.717) is 23.2 Å². The second-order valence-corrected chi connectivity index (χ2v) is 8.58. The summed E-state index contributed by atoms with van der Waals surface area (Å²) in [6, 6.07) is 9.57. The van der Waals surface area contributed by atoms with Crippen LogP contribution in [0.25, 0.3) is 22.5 Å². The molecular weight excluding hydrogens is 440 g/mol. The fourth-order valence-electron chi connectivity index (χ4n) is 5.18. The standard InChI is InChI=1S/C25H25F2N5O2/c1-3-31-12-16-10-15(31)13-32(16)20-8-7-14(26)9-17(20)18-11-29-25(30-23(18)24(28)33)22-19(27)5-4-6-21(22)34-2/h4-9,11,15-16H,3,10,12-13H2,1-2H3,(H2,28,33)/t15-,16-/m1/s1. The number of nitrogens with zero attached hydrogens (tertiary/aromatic N) is 4. The van der Waals surface area contributed by atoms with E-state index in [1.165, 1.54) is 37.6 Å². The average molecular weight is 466 g/mol. The highest BCUT2D eigenvalue weighted by Gasteiger charge is 2.43. The number of likely N-dealkylation sites (tertiary alicyclic amines) is 1. The minimum atomic E-state index is -0.815.